The number of thiophene rings is 1. The Kier molecular flexibility index (Phi) is 3.72. The van der Waals surface area contributed by atoms with Gasteiger partial charge in [0.25, 0.3) is 5.91 Å². The molecule has 0 aliphatic rings. The summed E-state index contributed by atoms with van der Waals surface area (Å²) in [4.78, 5) is 12.5. The summed E-state index contributed by atoms with van der Waals surface area (Å²) in [6, 6.07) is 9.88. The van der Waals surface area contributed by atoms with Crippen LogP contribution >= 0.6 is 22.9 Å². The highest BCUT2D eigenvalue weighted by atomic mass is 32.1. The fourth-order valence-corrected chi connectivity index (χ4v) is 3.30. The highest BCUT2D eigenvalue weighted by Crippen LogP contribution is 2.29. The molecule has 1 aromatic carbocycles. The van der Waals surface area contributed by atoms with Gasteiger partial charge in [-0.05, 0) is 29.1 Å². The molecule has 2 N–H and O–H groups in total. The van der Waals surface area contributed by atoms with Crippen molar-refractivity contribution in [2.75, 3.05) is 6.54 Å². The third-order valence-corrected chi connectivity index (χ3v) is 4.54. The van der Waals surface area contributed by atoms with Gasteiger partial charge in [0.15, 0.2) is 5.69 Å². The Bertz CT molecular complexity index is 691. The summed E-state index contributed by atoms with van der Waals surface area (Å²) in [7, 11) is 0. The molecule has 0 saturated heterocycles. The molecule has 0 aliphatic carbocycles. The molecular weight excluding hydrogens is 294 g/mol. The maximum absolute atomic E-state index is 11.7. The number of nitrogens with zero attached hydrogens (tertiary/aromatic N) is 2. The first-order chi connectivity index (χ1) is 9.74. The number of hydrogen-bond donors (Lipinski definition) is 2. The van der Waals surface area contributed by atoms with Crippen LogP contribution in [0.4, 0.5) is 0 Å². The SMILES string of the molecule is O=C(NCC(O)c1cc2ccccc2s1)c1csnn1. The van der Waals surface area contributed by atoms with Crippen molar-refractivity contribution in [1.82, 2.24) is 14.9 Å². The van der Waals surface area contributed by atoms with Crippen LogP contribution in [0.2, 0.25) is 0 Å². The molecule has 0 aliphatic heterocycles. The highest BCUT2D eigenvalue weighted by molar-refractivity contribution is 7.19. The van der Waals surface area contributed by atoms with Crippen LogP contribution < -0.4 is 5.32 Å². The van der Waals surface area contributed by atoms with Crippen molar-refractivity contribution < 1.29 is 9.90 Å². The average molecular weight is 305 g/mol. The number of fused-ring (bicyclic) bond motifs is 1. The molecule has 1 atom stereocenters. The lowest BCUT2D eigenvalue weighted by Crippen LogP contribution is -2.28. The number of aromatic nitrogens is 2. The van der Waals surface area contributed by atoms with Crippen LogP contribution in [0.15, 0.2) is 35.7 Å². The van der Waals surface area contributed by atoms with Gasteiger partial charge in [0, 0.05) is 21.5 Å². The molecule has 3 aromatic rings. The van der Waals surface area contributed by atoms with E-state index in [1.54, 1.807) is 5.38 Å². The van der Waals surface area contributed by atoms with E-state index in [1.165, 1.54) is 11.3 Å². The van der Waals surface area contributed by atoms with Crippen molar-refractivity contribution in [3.8, 4) is 0 Å². The molecule has 1 unspecified atom stereocenters. The number of carbonyl (C=O) groups excluding carboxylic acids is 1. The van der Waals surface area contributed by atoms with Crippen LogP contribution in [-0.4, -0.2) is 27.1 Å². The number of amides is 1. The van der Waals surface area contributed by atoms with Gasteiger partial charge < -0.3 is 10.4 Å². The molecule has 5 nitrogen and oxygen atoms in total. The van der Waals surface area contributed by atoms with Crippen molar-refractivity contribution in [2.45, 2.75) is 6.10 Å². The third-order valence-electron chi connectivity index (χ3n) is 2.82. The number of hydrogen-bond acceptors (Lipinski definition) is 6. The fourth-order valence-electron chi connectivity index (χ4n) is 1.81. The van der Waals surface area contributed by atoms with E-state index in [-0.39, 0.29) is 18.1 Å². The standard InChI is InChI=1S/C13H11N3O2S2/c17-10(6-14-13(18)9-7-19-16-15-9)12-5-8-3-1-2-4-11(8)20-12/h1-5,7,10,17H,6H2,(H,14,18). The highest BCUT2D eigenvalue weighted by Gasteiger charge is 2.14. The van der Waals surface area contributed by atoms with E-state index in [1.807, 2.05) is 30.3 Å². The molecule has 0 spiro atoms. The number of carbonyl (C=O) groups is 1. The zero-order chi connectivity index (χ0) is 13.9. The summed E-state index contributed by atoms with van der Waals surface area (Å²) in [6.45, 7) is 0.156. The maximum atomic E-state index is 11.7. The molecule has 1 amide bonds. The van der Waals surface area contributed by atoms with Gasteiger partial charge in [-0.3, -0.25) is 4.79 Å². The van der Waals surface area contributed by atoms with Gasteiger partial charge in [-0.2, -0.15) is 0 Å². The molecule has 0 radical (unpaired) electrons. The lowest BCUT2D eigenvalue weighted by Gasteiger charge is -2.08. The van der Waals surface area contributed by atoms with Crippen molar-refractivity contribution in [1.29, 1.82) is 0 Å². The predicted octanol–water partition coefficient (Wildman–Crippen LogP) is 2.22. The van der Waals surface area contributed by atoms with Gasteiger partial charge in [0.05, 0.1) is 0 Å². The van der Waals surface area contributed by atoms with Crippen LogP contribution in [0.5, 0.6) is 0 Å². The van der Waals surface area contributed by atoms with Crippen molar-refractivity contribution in [2.24, 2.45) is 0 Å². The number of aliphatic hydroxyl groups excluding tert-OH is 1. The zero-order valence-corrected chi connectivity index (χ0v) is 11.9. The second kappa shape index (κ2) is 5.66. The van der Waals surface area contributed by atoms with E-state index < -0.39 is 6.10 Å². The number of aliphatic hydroxyl groups is 1. The van der Waals surface area contributed by atoms with Gasteiger partial charge in [-0.25, -0.2) is 0 Å². The number of rotatable bonds is 4. The second-order valence-electron chi connectivity index (χ2n) is 4.20. The Hall–Kier alpha value is -1.83. The van der Waals surface area contributed by atoms with Crippen molar-refractivity contribution >= 4 is 38.9 Å². The molecule has 0 fully saturated rings. The minimum Gasteiger partial charge on any atom is -0.386 e. The Morgan fingerprint density at radius 3 is 3.00 bits per heavy atom. The number of benzene rings is 1. The van der Waals surface area contributed by atoms with Crippen molar-refractivity contribution in [3.63, 3.8) is 0 Å². The van der Waals surface area contributed by atoms with Crippen LogP contribution in [0, 0.1) is 0 Å². The van der Waals surface area contributed by atoms with E-state index in [4.69, 9.17) is 0 Å². The van der Waals surface area contributed by atoms with E-state index >= 15 is 0 Å². The topological polar surface area (TPSA) is 75.1 Å². The van der Waals surface area contributed by atoms with Crippen LogP contribution in [0.3, 0.4) is 0 Å². The first-order valence-electron chi connectivity index (χ1n) is 5.96. The summed E-state index contributed by atoms with van der Waals surface area (Å²) >= 11 is 2.65. The Labute approximate surface area is 123 Å². The Balaban J connectivity index is 1.67. The smallest absolute Gasteiger partial charge is 0.272 e. The van der Waals surface area contributed by atoms with Crippen LogP contribution in [0.1, 0.15) is 21.5 Å². The first-order valence-corrected chi connectivity index (χ1v) is 7.61. The molecule has 102 valence electrons. The van der Waals surface area contributed by atoms with Gasteiger partial charge in [0.2, 0.25) is 0 Å². The molecule has 3 rings (SSSR count). The monoisotopic (exact) mass is 305 g/mol. The largest absolute Gasteiger partial charge is 0.386 e. The van der Waals surface area contributed by atoms with Gasteiger partial charge in [-0.15, -0.1) is 16.4 Å². The molecule has 2 aromatic heterocycles. The van der Waals surface area contributed by atoms with Gasteiger partial charge >= 0.3 is 0 Å². The molecule has 2 heterocycles. The summed E-state index contributed by atoms with van der Waals surface area (Å²) in [5.74, 6) is -0.320. The summed E-state index contributed by atoms with van der Waals surface area (Å²) in [5.41, 5.74) is 0.276. The summed E-state index contributed by atoms with van der Waals surface area (Å²) in [6.07, 6.45) is -0.719. The maximum Gasteiger partial charge on any atom is 0.272 e. The van der Waals surface area contributed by atoms with Crippen molar-refractivity contribution in [3.05, 3.63) is 46.3 Å². The van der Waals surface area contributed by atoms with E-state index in [0.29, 0.717) is 0 Å². The van der Waals surface area contributed by atoms with Gasteiger partial charge in [0.1, 0.15) is 6.10 Å². The van der Waals surface area contributed by atoms with E-state index in [9.17, 15) is 9.90 Å². The predicted molar refractivity (Wildman–Crippen MR) is 79.0 cm³/mol. The Morgan fingerprint density at radius 1 is 1.40 bits per heavy atom. The van der Waals surface area contributed by atoms with E-state index in [0.717, 1.165) is 26.5 Å². The van der Waals surface area contributed by atoms with Crippen LogP contribution in [-0.2, 0) is 0 Å². The quantitative estimate of drug-likeness (QED) is 0.775. The molecule has 20 heavy (non-hydrogen) atoms. The minimum absolute atomic E-state index is 0.156. The molecule has 7 heteroatoms. The summed E-state index contributed by atoms with van der Waals surface area (Å²) in [5, 5.41) is 19.1. The third kappa shape index (κ3) is 2.69. The molecule has 0 bridgehead atoms. The molecule has 0 saturated carbocycles. The lowest BCUT2D eigenvalue weighted by atomic mass is 10.2. The summed E-state index contributed by atoms with van der Waals surface area (Å²) < 4.78 is 4.75. The second-order valence-corrected chi connectivity index (χ2v) is 5.93. The fraction of sp³-hybridized carbons (Fsp3) is 0.154. The van der Waals surface area contributed by atoms with Crippen LogP contribution in [0.25, 0.3) is 10.1 Å². The average Bonchev–Trinajstić information content (AvgIpc) is 3.12. The normalized spacial score (nSPS) is 12.4. The minimum atomic E-state index is -0.719. The zero-order valence-electron chi connectivity index (χ0n) is 10.3. The molecular formula is C13H11N3O2S2. The number of nitrogens with one attached hydrogen (secondary N) is 1. The van der Waals surface area contributed by atoms with Gasteiger partial charge in [-0.1, -0.05) is 22.7 Å². The first kappa shape index (κ1) is 13.2. The Morgan fingerprint density at radius 2 is 2.25 bits per heavy atom. The lowest BCUT2D eigenvalue weighted by molar-refractivity contribution is 0.0913. The van der Waals surface area contributed by atoms with E-state index in [2.05, 4.69) is 14.9 Å².